The highest BCUT2D eigenvalue weighted by molar-refractivity contribution is 6.23. The third-order valence-corrected chi connectivity index (χ3v) is 12.2. The summed E-state index contributed by atoms with van der Waals surface area (Å²) in [7, 11) is 0. The Morgan fingerprint density at radius 1 is 0.364 bits per heavy atom. The number of rotatable bonds is 4. The van der Waals surface area contributed by atoms with Crippen LogP contribution in [0.2, 0.25) is 0 Å². The normalized spacial score (nSPS) is 13.2. The van der Waals surface area contributed by atoms with Gasteiger partial charge in [-0.05, 0) is 86.3 Å². The third-order valence-electron chi connectivity index (χ3n) is 12.2. The van der Waals surface area contributed by atoms with Crippen molar-refractivity contribution in [3.05, 3.63) is 229 Å². The van der Waals surface area contributed by atoms with Gasteiger partial charge in [0.15, 0.2) is 0 Å². The van der Waals surface area contributed by atoms with Crippen LogP contribution in [0.15, 0.2) is 206 Å². The molecule has 0 unspecified atom stereocenters. The smallest absolute Gasteiger partial charge is 0.0713 e. The summed E-state index contributed by atoms with van der Waals surface area (Å²) in [5.74, 6) is 0. The third kappa shape index (κ3) is 4.08. The monoisotopic (exact) mass is 698 g/mol. The van der Waals surface area contributed by atoms with Gasteiger partial charge in [-0.3, -0.25) is 0 Å². The Bertz CT molecular complexity index is 3260. The Morgan fingerprint density at radius 2 is 1.00 bits per heavy atom. The first-order valence-electron chi connectivity index (χ1n) is 19.1. The van der Waals surface area contributed by atoms with Crippen molar-refractivity contribution in [1.82, 2.24) is 8.97 Å². The molecule has 2 nitrogen and oxygen atoms in total. The average molecular weight is 699 g/mol. The maximum atomic E-state index is 2.52. The largest absolute Gasteiger partial charge is 0.308 e. The molecule has 2 aromatic heterocycles. The van der Waals surface area contributed by atoms with E-state index in [-0.39, 0.29) is 0 Å². The fourth-order valence-corrected chi connectivity index (χ4v) is 9.93. The molecule has 0 amide bonds. The molecular weight excluding hydrogens is 665 g/mol. The number of nitrogens with zero attached hydrogens (tertiary/aromatic N) is 2. The van der Waals surface area contributed by atoms with Crippen LogP contribution in [0.3, 0.4) is 0 Å². The van der Waals surface area contributed by atoms with E-state index < -0.39 is 5.41 Å². The lowest BCUT2D eigenvalue weighted by molar-refractivity contribution is 0.768. The first-order valence-corrected chi connectivity index (χ1v) is 19.1. The van der Waals surface area contributed by atoms with Crippen LogP contribution in [-0.4, -0.2) is 8.97 Å². The van der Waals surface area contributed by atoms with Crippen LogP contribution in [0, 0.1) is 0 Å². The average Bonchev–Trinajstić information content (AvgIpc) is 3.70. The van der Waals surface area contributed by atoms with E-state index in [4.69, 9.17) is 0 Å². The summed E-state index contributed by atoms with van der Waals surface area (Å²) in [6.07, 6.45) is 0. The second kappa shape index (κ2) is 11.4. The summed E-state index contributed by atoms with van der Waals surface area (Å²) >= 11 is 0. The molecule has 0 bridgehead atoms. The summed E-state index contributed by atoms with van der Waals surface area (Å²) in [5.41, 5.74) is 16.8. The summed E-state index contributed by atoms with van der Waals surface area (Å²) in [4.78, 5) is 0. The zero-order valence-corrected chi connectivity index (χ0v) is 30.0. The van der Waals surface area contributed by atoms with E-state index >= 15 is 0 Å². The van der Waals surface area contributed by atoms with E-state index in [0.717, 1.165) is 11.2 Å². The zero-order valence-electron chi connectivity index (χ0n) is 30.0. The Morgan fingerprint density at radius 3 is 1.78 bits per heavy atom. The molecule has 2 heteroatoms. The Balaban J connectivity index is 1.21. The van der Waals surface area contributed by atoms with Crippen molar-refractivity contribution in [2.24, 2.45) is 0 Å². The number of hydrogen-bond acceptors (Lipinski definition) is 0. The highest BCUT2D eigenvalue weighted by atomic mass is 15.0. The molecule has 0 N–H and O–H groups in total. The molecule has 0 fully saturated rings. The van der Waals surface area contributed by atoms with Crippen molar-refractivity contribution in [2.45, 2.75) is 5.41 Å². The Hall–Kier alpha value is -7.16. The van der Waals surface area contributed by atoms with Crippen molar-refractivity contribution in [3.8, 4) is 27.9 Å². The Labute approximate surface area is 318 Å². The number of hydrogen-bond donors (Lipinski definition) is 0. The molecule has 2 heterocycles. The van der Waals surface area contributed by atoms with Gasteiger partial charge in [0.1, 0.15) is 0 Å². The molecule has 256 valence electrons. The number of fused-ring (bicyclic) bond motifs is 8. The molecule has 0 atom stereocenters. The maximum absolute atomic E-state index is 2.52. The minimum Gasteiger partial charge on any atom is -0.308 e. The van der Waals surface area contributed by atoms with Gasteiger partial charge >= 0.3 is 0 Å². The van der Waals surface area contributed by atoms with Gasteiger partial charge in [0, 0.05) is 21.8 Å². The van der Waals surface area contributed by atoms with E-state index in [1.54, 1.807) is 0 Å². The summed E-state index contributed by atoms with van der Waals surface area (Å²) in [6.45, 7) is 0. The maximum Gasteiger partial charge on any atom is 0.0713 e. The van der Waals surface area contributed by atoms with Crippen LogP contribution in [0.1, 0.15) is 22.3 Å². The fourth-order valence-electron chi connectivity index (χ4n) is 9.93. The fraction of sp³-hybridized carbons (Fsp3) is 0.0189. The molecule has 1 aliphatic rings. The van der Waals surface area contributed by atoms with Crippen molar-refractivity contribution in [2.75, 3.05) is 0 Å². The summed E-state index contributed by atoms with van der Waals surface area (Å²) in [6, 6.07) is 76.4. The minimum atomic E-state index is -0.441. The molecule has 0 radical (unpaired) electrons. The van der Waals surface area contributed by atoms with E-state index in [1.165, 1.54) is 88.1 Å². The number of aromatic nitrogens is 2. The van der Waals surface area contributed by atoms with Crippen molar-refractivity contribution >= 4 is 49.1 Å². The zero-order chi connectivity index (χ0) is 36.1. The van der Waals surface area contributed by atoms with Gasteiger partial charge in [0.25, 0.3) is 0 Å². The lowest BCUT2D eigenvalue weighted by Crippen LogP contribution is -2.28. The number of para-hydroxylation sites is 2. The molecule has 0 aliphatic heterocycles. The van der Waals surface area contributed by atoms with Crippen LogP contribution < -0.4 is 0 Å². The predicted octanol–water partition coefficient (Wildman–Crippen LogP) is 13.4. The molecule has 12 rings (SSSR count). The first-order chi connectivity index (χ1) is 27.3. The molecule has 55 heavy (non-hydrogen) atoms. The van der Waals surface area contributed by atoms with Gasteiger partial charge < -0.3 is 8.97 Å². The molecular formula is C53H34N2. The molecule has 11 aromatic rings. The van der Waals surface area contributed by atoms with Crippen LogP contribution in [-0.2, 0) is 5.41 Å². The molecule has 0 saturated heterocycles. The minimum absolute atomic E-state index is 0.441. The summed E-state index contributed by atoms with van der Waals surface area (Å²) < 4.78 is 5.03. The second-order valence-electron chi connectivity index (χ2n) is 14.9. The molecule has 0 saturated carbocycles. The SMILES string of the molecule is c1ccc(-c2ccc3c4ccc5cccc6c5c4n(c3c2)c2ccccc2n6-c2ccc3c(c2)-c2ccccc2C3(c2ccccc2)c2ccccc2)cc1. The lowest BCUT2D eigenvalue weighted by atomic mass is 9.68. The quantitative estimate of drug-likeness (QED) is 0.173. The molecule has 9 aromatic carbocycles. The lowest BCUT2D eigenvalue weighted by Gasteiger charge is -2.33. The van der Waals surface area contributed by atoms with Crippen LogP contribution in [0.25, 0.3) is 77.1 Å². The summed E-state index contributed by atoms with van der Waals surface area (Å²) in [5, 5.41) is 5.03. The van der Waals surface area contributed by atoms with Crippen LogP contribution >= 0.6 is 0 Å². The van der Waals surface area contributed by atoms with Crippen LogP contribution in [0.5, 0.6) is 0 Å². The molecule has 0 spiro atoms. The highest BCUT2D eigenvalue weighted by Crippen LogP contribution is 2.56. The molecule has 1 aliphatic carbocycles. The predicted molar refractivity (Wildman–Crippen MR) is 229 cm³/mol. The van der Waals surface area contributed by atoms with Gasteiger partial charge in [-0.2, -0.15) is 0 Å². The van der Waals surface area contributed by atoms with Gasteiger partial charge in [-0.1, -0.05) is 170 Å². The number of benzene rings is 9. The first kappa shape index (κ1) is 30.3. The Kier molecular flexibility index (Phi) is 6.29. The highest BCUT2D eigenvalue weighted by Gasteiger charge is 2.46. The van der Waals surface area contributed by atoms with Gasteiger partial charge in [-0.25, -0.2) is 0 Å². The van der Waals surface area contributed by atoms with E-state index in [1.807, 2.05) is 0 Å². The van der Waals surface area contributed by atoms with Gasteiger partial charge in [-0.15, -0.1) is 0 Å². The second-order valence-corrected chi connectivity index (χ2v) is 14.9. The van der Waals surface area contributed by atoms with Gasteiger partial charge in [0.05, 0.1) is 33.0 Å². The van der Waals surface area contributed by atoms with Crippen molar-refractivity contribution in [3.63, 3.8) is 0 Å². The van der Waals surface area contributed by atoms with E-state index in [2.05, 4.69) is 215 Å². The van der Waals surface area contributed by atoms with Crippen molar-refractivity contribution < 1.29 is 0 Å². The topological polar surface area (TPSA) is 9.34 Å². The van der Waals surface area contributed by atoms with Crippen molar-refractivity contribution in [1.29, 1.82) is 0 Å². The van der Waals surface area contributed by atoms with E-state index in [9.17, 15) is 0 Å². The van der Waals surface area contributed by atoms with Gasteiger partial charge in [0.2, 0.25) is 0 Å². The standard InChI is InChI=1S/C53H34N2/c1-4-15-35(16-5-1)37-28-30-42-43-31-27-36-17-14-26-49-51(36)52(43)55(50(42)33-37)48-25-13-12-24-47(48)54(49)40-29-32-46-44(34-40)41-22-10-11-23-45(41)53(46,38-18-6-2-7-19-38)39-20-8-3-9-21-39/h1-34H. The van der Waals surface area contributed by atoms with E-state index in [0.29, 0.717) is 0 Å². The van der Waals surface area contributed by atoms with Crippen LogP contribution in [0.4, 0.5) is 0 Å².